The third-order valence-electron chi connectivity index (χ3n) is 4.34. The van der Waals surface area contributed by atoms with Gasteiger partial charge >= 0.3 is 0 Å². The minimum Gasteiger partial charge on any atom is -0.373 e. The van der Waals surface area contributed by atoms with Crippen molar-refractivity contribution in [2.75, 3.05) is 35.5 Å². The molecule has 0 aliphatic heterocycles. The number of sulfonamides is 2. The standard InChI is InChI=1S/C10H9BrFN3O3S2.C9H8BrN3O2S2.C2H5BrO/c1-18-6-15(10-14-13-5-19-10)20(16,17)9-3-2-7(12)4-8(9)11;1-6-2-3-8(7(10)4-6)17(14,15)13-9-12-11-5-16-9;1-4-2-3/h2-5H,6H2,1H3;2-5H,1H3,(H,12,13);2H2,1H3. The van der Waals surface area contributed by atoms with Crippen molar-refractivity contribution in [2.45, 2.75) is 16.7 Å². The molecule has 0 saturated heterocycles. The molecule has 20 heteroatoms. The van der Waals surface area contributed by atoms with Crippen molar-refractivity contribution < 1.29 is 30.7 Å². The predicted octanol–water partition coefficient (Wildman–Crippen LogP) is 5.63. The number of benzene rings is 2. The number of aromatic nitrogens is 4. The number of hydrogen-bond donors (Lipinski definition) is 1. The van der Waals surface area contributed by atoms with Crippen molar-refractivity contribution in [3.63, 3.8) is 0 Å². The van der Waals surface area contributed by atoms with Crippen LogP contribution in [0.5, 0.6) is 0 Å². The van der Waals surface area contributed by atoms with Crippen LogP contribution in [0.2, 0.25) is 0 Å². The zero-order valence-electron chi connectivity index (χ0n) is 21.4. The predicted molar refractivity (Wildman–Crippen MR) is 166 cm³/mol. The van der Waals surface area contributed by atoms with Crippen LogP contribution in [0.4, 0.5) is 14.7 Å². The summed E-state index contributed by atoms with van der Waals surface area (Å²) in [5.41, 5.74) is 4.48. The normalized spacial score (nSPS) is 11.1. The van der Waals surface area contributed by atoms with Crippen molar-refractivity contribution >= 4 is 101 Å². The highest BCUT2D eigenvalue weighted by Gasteiger charge is 2.29. The van der Waals surface area contributed by atoms with Crippen LogP contribution in [0.3, 0.4) is 0 Å². The number of nitrogens with one attached hydrogen (secondary N) is 1. The molecule has 0 amide bonds. The van der Waals surface area contributed by atoms with Gasteiger partial charge in [-0.15, -0.1) is 20.4 Å². The Labute approximate surface area is 269 Å². The maximum Gasteiger partial charge on any atom is 0.269 e. The number of hydrogen-bond acceptors (Lipinski definition) is 12. The maximum absolute atomic E-state index is 13.1. The van der Waals surface area contributed by atoms with E-state index in [-0.39, 0.29) is 31.3 Å². The van der Waals surface area contributed by atoms with Crippen LogP contribution >= 0.6 is 70.5 Å². The molecule has 0 unspecified atom stereocenters. The third-order valence-corrected chi connectivity index (χ3v) is 11.4. The van der Waals surface area contributed by atoms with Gasteiger partial charge in [-0.25, -0.2) is 25.5 Å². The Morgan fingerprint density at radius 3 is 2.05 bits per heavy atom. The van der Waals surface area contributed by atoms with Crippen LogP contribution in [0.15, 0.2) is 66.2 Å². The summed E-state index contributed by atoms with van der Waals surface area (Å²) < 4.78 is 75.6. The first kappa shape index (κ1) is 35.5. The van der Waals surface area contributed by atoms with Gasteiger partial charge in [-0.1, -0.05) is 44.7 Å². The molecular weight excluding hydrogens is 819 g/mol. The third kappa shape index (κ3) is 10.5. The molecule has 1 N–H and O–H groups in total. The Hall–Kier alpha value is -1.65. The summed E-state index contributed by atoms with van der Waals surface area (Å²) in [5, 5.41) is 14.9. The van der Waals surface area contributed by atoms with Crippen molar-refractivity contribution in [2.24, 2.45) is 0 Å². The smallest absolute Gasteiger partial charge is 0.269 e. The van der Waals surface area contributed by atoms with Crippen LogP contribution in [-0.4, -0.2) is 63.7 Å². The lowest BCUT2D eigenvalue weighted by Gasteiger charge is -2.20. The lowest BCUT2D eigenvalue weighted by atomic mass is 10.2. The lowest BCUT2D eigenvalue weighted by Crippen LogP contribution is -2.33. The average molecular weight is 841 g/mol. The van der Waals surface area contributed by atoms with E-state index < -0.39 is 25.9 Å². The molecule has 0 aliphatic rings. The minimum absolute atomic E-state index is 0.0776. The van der Waals surface area contributed by atoms with E-state index in [1.807, 2.05) is 6.92 Å². The number of alkyl halides is 1. The van der Waals surface area contributed by atoms with Crippen molar-refractivity contribution in [1.82, 2.24) is 20.4 Å². The van der Waals surface area contributed by atoms with Crippen molar-refractivity contribution in [3.05, 3.63) is 67.7 Å². The molecule has 2 aromatic carbocycles. The molecule has 2 heterocycles. The number of halogens is 4. The average Bonchev–Trinajstić information content (AvgIpc) is 3.62. The van der Waals surface area contributed by atoms with E-state index in [1.165, 1.54) is 24.2 Å². The second-order valence-corrected chi connectivity index (χ2v) is 14.5. The molecule has 0 saturated carbocycles. The second-order valence-electron chi connectivity index (χ2n) is 7.25. The van der Waals surface area contributed by atoms with E-state index in [4.69, 9.17) is 4.74 Å². The summed E-state index contributed by atoms with van der Waals surface area (Å²) in [4.78, 5) is 0.101. The van der Waals surface area contributed by atoms with E-state index in [0.29, 0.717) is 9.99 Å². The first-order chi connectivity index (χ1) is 19.4. The highest BCUT2D eigenvalue weighted by molar-refractivity contribution is 9.10. The number of rotatable bonds is 9. The quantitative estimate of drug-likeness (QED) is 0.166. The molecule has 12 nitrogen and oxygen atoms in total. The SMILES string of the molecule is COCBr.COCN(c1nncs1)S(=O)(=O)c1ccc(F)cc1Br.Cc1ccc(S(=O)(=O)Nc2nncs2)c(Br)c1. The van der Waals surface area contributed by atoms with E-state index in [1.54, 1.807) is 25.3 Å². The monoisotopic (exact) mass is 838 g/mol. The van der Waals surface area contributed by atoms with Gasteiger partial charge in [0.2, 0.25) is 10.3 Å². The van der Waals surface area contributed by atoms with E-state index >= 15 is 0 Å². The molecule has 0 bridgehead atoms. The topological polar surface area (TPSA) is 154 Å². The van der Waals surface area contributed by atoms with Crippen LogP contribution in [0.1, 0.15) is 5.56 Å². The van der Waals surface area contributed by atoms with E-state index in [9.17, 15) is 21.2 Å². The van der Waals surface area contributed by atoms with Crippen molar-refractivity contribution in [3.8, 4) is 0 Å². The summed E-state index contributed by atoms with van der Waals surface area (Å²) in [6.45, 7) is 1.67. The Bertz CT molecular complexity index is 1600. The fourth-order valence-electron chi connectivity index (χ4n) is 2.63. The molecule has 0 radical (unpaired) electrons. The summed E-state index contributed by atoms with van der Waals surface area (Å²) in [5.74, 6) is -0.537. The molecule has 0 atom stereocenters. The van der Waals surface area contributed by atoms with Crippen LogP contribution < -0.4 is 9.03 Å². The molecule has 2 aromatic heterocycles. The Balaban J connectivity index is 0.000000256. The Morgan fingerprint density at radius 1 is 0.927 bits per heavy atom. The first-order valence-electron chi connectivity index (χ1n) is 10.7. The van der Waals surface area contributed by atoms with Gasteiger partial charge in [-0.3, -0.25) is 4.72 Å². The van der Waals surface area contributed by atoms with Gasteiger partial charge in [0.1, 0.15) is 38.9 Å². The first-order valence-corrected chi connectivity index (χ1v) is 18.1. The van der Waals surface area contributed by atoms with Gasteiger partial charge < -0.3 is 9.47 Å². The number of methoxy groups -OCH3 is 2. The van der Waals surface area contributed by atoms with Gasteiger partial charge in [0, 0.05) is 23.2 Å². The van der Waals surface area contributed by atoms with Crippen LogP contribution in [0.25, 0.3) is 0 Å². The summed E-state index contributed by atoms with van der Waals surface area (Å²) in [6, 6.07) is 8.36. The fourth-order valence-corrected chi connectivity index (χ4v) is 8.63. The van der Waals surface area contributed by atoms with Crippen LogP contribution in [-0.2, 0) is 29.5 Å². The zero-order valence-corrected chi connectivity index (χ0v) is 29.4. The van der Waals surface area contributed by atoms with Gasteiger partial charge in [0.25, 0.3) is 20.0 Å². The highest BCUT2D eigenvalue weighted by Crippen LogP contribution is 2.30. The van der Waals surface area contributed by atoms with Gasteiger partial charge in [0.15, 0.2) is 0 Å². The molecule has 41 heavy (non-hydrogen) atoms. The van der Waals surface area contributed by atoms with Gasteiger partial charge in [0.05, 0.1) is 0 Å². The van der Waals surface area contributed by atoms with Crippen molar-refractivity contribution in [1.29, 1.82) is 0 Å². The summed E-state index contributed by atoms with van der Waals surface area (Å²) >= 11 is 11.5. The zero-order chi connectivity index (χ0) is 30.6. The molecule has 4 aromatic rings. The minimum atomic E-state index is -3.93. The molecule has 0 aliphatic carbocycles. The fraction of sp³-hybridized carbons (Fsp3) is 0.238. The Kier molecular flexibility index (Phi) is 14.6. The number of ether oxygens (including phenoxy) is 2. The molecule has 4 rings (SSSR count). The van der Waals surface area contributed by atoms with Gasteiger partial charge in [-0.2, -0.15) is 0 Å². The van der Waals surface area contributed by atoms with Gasteiger partial charge in [-0.05, 0) is 74.7 Å². The summed E-state index contributed by atoms with van der Waals surface area (Å²) in [6.07, 6.45) is 0. The van der Waals surface area contributed by atoms with E-state index in [2.05, 4.69) is 77.6 Å². The summed E-state index contributed by atoms with van der Waals surface area (Å²) in [7, 11) is -4.55. The second kappa shape index (κ2) is 16.8. The molecule has 224 valence electrons. The maximum atomic E-state index is 13.1. The molecule has 0 fully saturated rings. The molecule has 0 spiro atoms. The molecular formula is C21H22Br3FN6O6S4. The Morgan fingerprint density at radius 2 is 1.54 bits per heavy atom. The van der Waals surface area contributed by atoms with Crippen LogP contribution in [0, 0.1) is 12.7 Å². The lowest BCUT2D eigenvalue weighted by molar-refractivity contribution is 0.209. The number of anilines is 2. The van der Waals surface area contributed by atoms with E-state index in [0.717, 1.165) is 44.7 Å². The number of aryl methyl sites for hydroxylation is 1. The number of nitrogens with zero attached hydrogens (tertiary/aromatic N) is 5. The highest BCUT2D eigenvalue weighted by atomic mass is 79.9. The largest absolute Gasteiger partial charge is 0.373 e.